The number of methoxy groups -OCH3 is 1. The average molecular weight is 333 g/mol. The molecule has 0 spiro atoms. The fourth-order valence-electron chi connectivity index (χ4n) is 2.52. The Balaban J connectivity index is 1.66. The minimum absolute atomic E-state index is 0.161. The first kappa shape index (κ1) is 16.5. The highest BCUT2D eigenvalue weighted by Gasteiger charge is 2.05. The van der Waals surface area contributed by atoms with Gasteiger partial charge < -0.3 is 14.6 Å². The zero-order chi connectivity index (χ0) is 17.5. The number of hydrogen-bond acceptors (Lipinski definition) is 3. The quantitative estimate of drug-likeness (QED) is 0.705. The van der Waals surface area contributed by atoms with Crippen molar-refractivity contribution in [1.82, 2.24) is 14.9 Å². The molecule has 0 saturated carbocycles. The number of hydrogen-bond donors (Lipinski definition) is 1. The van der Waals surface area contributed by atoms with Gasteiger partial charge in [0, 0.05) is 30.6 Å². The summed E-state index contributed by atoms with van der Waals surface area (Å²) in [6.45, 7) is 0.434. The number of nitrogens with one attached hydrogen (secondary N) is 1. The van der Waals surface area contributed by atoms with Crippen molar-refractivity contribution in [2.45, 2.75) is 6.54 Å². The Hall–Kier alpha value is -3.34. The van der Waals surface area contributed by atoms with Crippen LogP contribution in [0, 0.1) is 0 Å². The van der Waals surface area contributed by atoms with Crippen molar-refractivity contribution in [3.8, 4) is 11.4 Å². The van der Waals surface area contributed by atoms with Crippen molar-refractivity contribution >= 4 is 12.0 Å². The molecular formula is C20H19N3O2. The molecule has 3 aromatic rings. The number of aromatic nitrogens is 2. The minimum atomic E-state index is -0.161. The van der Waals surface area contributed by atoms with Crippen LogP contribution in [0.15, 0.2) is 73.3 Å². The SMILES string of the molecule is COc1ccccc1/C=C/C(=O)NCc1ccccc1-n1ccnc1. The van der Waals surface area contributed by atoms with Crippen LogP contribution in [0.4, 0.5) is 0 Å². The molecule has 2 aromatic carbocycles. The van der Waals surface area contributed by atoms with Gasteiger partial charge in [-0.25, -0.2) is 4.98 Å². The molecular weight excluding hydrogens is 314 g/mol. The van der Waals surface area contributed by atoms with Crippen LogP contribution in [0.5, 0.6) is 5.75 Å². The number of imidazole rings is 1. The largest absolute Gasteiger partial charge is 0.496 e. The lowest BCUT2D eigenvalue weighted by atomic mass is 10.1. The van der Waals surface area contributed by atoms with E-state index in [2.05, 4.69) is 10.3 Å². The van der Waals surface area contributed by atoms with Gasteiger partial charge in [-0.3, -0.25) is 4.79 Å². The fraction of sp³-hybridized carbons (Fsp3) is 0.100. The van der Waals surface area contributed by atoms with Gasteiger partial charge in [-0.1, -0.05) is 36.4 Å². The maximum Gasteiger partial charge on any atom is 0.244 e. The Labute approximate surface area is 146 Å². The lowest BCUT2D eigenvalue weighted by Gasteiger charge is -2.10. The highest BCUT2D eigenvalue weighted by atomic mass is 16.5. The molecule has 5 heteroatoms. The number of rotatable bonds is 6. The van der Waals surface area contributed by atoms with Crippen LogP contribution >= 0.6 is 0 Å². The summed E-state index contributed by atoms with van der Waals surface area (Å²) in [5.74, 6) is 0.573. The van der Waals surface area contributed by atoms with Crippen LogP contribution < -0.4 is 10.1 Å². The highest BCUT2D eigenvalue weighted by Crippen LogP contribution is 2.18. The van der Waals surface area contributed by atoms with E-state index in [1.54, 1.807) is 25.7 Å². The molecule has 0 saturated heterocycles. The Bertz CT molecular complexity index is 870. The molecule has 1 N–H and O–H groups in total. The number of carbonyl (C=O) groups excluding carboxylic acids is 1. The van der Waals surface area contributed by atoms with E-state index in [9.17, 15) is 4.79 Å². The lowest BCUT2D eigenvalue weighted by molar-refractivity contribution is -0.116. The second kappa shape index (κ2) is 7.97. The van der Waals surface area contributed by atoms with Gasteiger partial charge in [0.15, 0.2) is 0 Å². The van der Waals surface area contributed by atoms with E-state index in [4.69, 9.17) is 4.74 Å². The number of carbonyl (C=O) groups is 1. The van der Waals surface area contributed by atoms with Crippen molar-refractivity contribution in [1.29, 1.82) is 0 Å². The maximum atomic E-state index is 12.1. The van der Waals surface area contributed by atoms with Crippen LogP contribution in [0.1, 0.15) is 11.1 Å². The Morgan fingerprint density at radius 2 is 2.00 bits per heavy atom. The molecule has 0 unspecified atom stereocenters. The predicted octanol–water partition coefficient (Wildman–Crippen LogP) is 3.21. The second-order valence-electron chi connectivity index (χ2n) is 5.39. The Morgan fingerprint density at radius 1 is 1.20 bits per heavy atom. The second-order valence-corrected chi connectivity index (χ2v) is 5.39. The lowest BCUT2D eigenvalue weighted by Crippen LogP contribution is -2.21. The summed E-state index contributed by atoms with van der Waals surface area (Å²) in [7, 11) is 1.61. The fourth-order valence-corrected chi connectivity index (χ4v) is 2.52. The molecule has 126 valence electrons. The number of ether oxygens (including phenoxy) is 1. The normalized spacial score (nSPS) is 10.8. The predicted molar refractivity (Wildman–Crippen MR) is 97.4 cm³/mol. The minimum Gasteiger partial charge on any atom is -0.496 e. The van der Waals surface area contributed by atoms with Crippen LogP contribution in [0.25, 0.3) is 11.8 Å². The molecule has 1 heterocycles. The number of nitrogens with zero attached hydrogens (tertiary/aromatic N) is 2. The summed E-state index contributed by atoms with van der Waals surface area (Å²) >= 11 is 0. The van der Waals surface area contributed by atoms with Gasteiger partial charge in [-0.15, -0.1) is 0 Å². The molecule has 25 heavy (non-hydrogen) atoms. The van der Waals surface area contributed by atoms with E-state index < -0.39 is 0 Å². The molecule has 0 fully saturated rings. The van der Waals surface area contributed by atoms with Crippen molar-refractivity contribution in [2.24, 2.45) is 0 Å². The zero-order valence-corrected chi connectivity index (χ0v) is 13.9. The van der Waals surface area contributed by atoms with Crippen LogP contribution in [-0.2, 0) is 11.3 Å². The van der Waals surface area contributed by atoms with Gasteiger partial charge in [0.05, 0.1) is 19.1 Å². The van der Waals surface area contributed by atoms with Crippen LogP contribution in [-0.4, -0.2) is 22.6 Å². The van der Waals surface area contributed by atoms with Crippen LogP contribution in [0.3, 0.4) is 0 Å². The monoisotopic (exact) mass is 333 g/mol. The Morgan fingerprint density at radius 3 is 2.80 bits per heavy atom. The number of benzene rings is 2. The van der Waals surface area contributed by atoms with E-state index in [1.807, 2.05) is 59.3 Å². The van der Waals surface area contributed by atoms with Crippen molar-refractivity contribution in [3.63, 3.8) is 0 Å². The molecule has 0 aliphatic carbocycles. The number of para-hydroxylation sites is 2. The summed E-state index contributed by atoms with van der Waals surface area (Å²) < 4.78 is 7.20. The third kappa shape index (κ3) is 4.14. The Kier molecular flexibility index (Phi) is 5.26. The molecule has 1 aromatic heterocycles. The van der Waals surface area contributed by atoms with E-state index in [0.29, 0.717) is 6.54 Å². The van der Waals surface area contributed by atoms with Crippen LogP contribution in [0.2, 0.25) is 0 Å². The summed E-state index contributed by atoms with van der Waals surface area (Å²) in [4.78, 5) is 16.2. The van der Waals surface area contributed by atoms with Gasteiger partial charge in [-0.2, -0.15) is 0 Å². The first-order valence-corrected chi connectivity index (χ1v) is 7.93. The van der Waals surface area contributed by atoms with Gasteiger partial charge >= 0.3 is 0 Å². The summed E-state index contributed by atoms with van der Waals surface area (Å²) in [6.07, 6.45) is 8.60. The van der Waals surface area contributed by atoms with E-state index in [1.165, 1.54) is 6.08 Å². The first-order chi connectivity index (χ1) is 12.3. The maximum absolute atomic E-state index is 12.1. The summed E-state index contributed by atoms with van der Waals surface area (Å²) in [5.41, 5.74) is 2.87. The van der Waals surface area contributed by atoms with E-state index >= 15 is 0 Å². The van der Waals surface area contributed by atoms with Gasteiger partial charge in [0.1, 0.15) is 5.75 Å². The van der Waals surface area contributed by atoms with Gasteiger partial charge in [0.2, 0.25) is 5.91 Å². The molecule has 0 aliphatic heterocycles. The molecule has 0 atom stereocenters. The molecule has 5 nitrogen and oxygen atoms in total. The molecule has 0 radical (unpaired) electrons. The third-order valence-corrected chi connectivity index (χ3v) is 3.78. The topological polar surface area (TPSA) is 56.1 Å². The summed E-state index contributed by atoms with van der Waals surface area (Å²) in [6, 6.07) is 15.4. The summed E-state index contributed by atoms with van der Waals surface area (Å²) in [5, 5.41) is 2.91. The van der Waals surface area contributed by atoms with Gasteiger partial charge in [0.25, 0.3) is 0 Å². The van der Waals surface area contributed by atoms with E-state index in [0.717, 1.165) is 22.6 Å². The zero-order valence-electron chi connectivity index (χ0n) is 13.9. The van der Waals surface area contributed by atoms with E-state index in [-0.39, 0.29) is 5.91 Å². The van der Waals surface area contributed by atoms with Gasteiger partial charge in [-0.05, 0) is 23.8 Å². The first-order valence-electron chi connectivity index (χ1n) is 7.93. The average Bonchev–Trinajstić information content (AvgIpc) is 3.19. The standard InChI is InChI=1S/C20H19N3O2/c1-25-19-9-5-3-6-16(19)10-11-20(24)22-14-17-7-2-4-8-18(17)23-13-12-21-15-23/h2-13,15H,14H2,1H3,(H,22,24)/b11-10+. The van der Waals surface area contributed by atoms with Crippen molar-refractivity contribution in [3.05, 3.63) is 84.5 Å². The van der Waals surface area contributed by atoms with Crippen molar-refractivity contribution in [2.75, 3.05) is 7.11 Å². The van der Waals surface area contributed by atoms with Crippen molar-refractivity contribution < 1.29 is 9.53 Å². The third-order valence-electron chi connectivity index (χ3n) is 3.78. The molecule has 3 rings (SSSR count). The molecule has 0 aliphatic rings. The molecule has 1 amide bonds. The number of amides is 1. The molecule has 0 bridgehead atoms. The highest BCUT2D eigenvalue weighted by molar-refractivity contribution is 5.92. The smallest absolute Gasteiger partial charge is 0.244 e.